The molecule has 106 valence electrons. The molecule has 19 heavy (non-hydrogen) atoms. The molecule has 1 heterocycles. The van der Waals surface area contributed by atoms with Crippen LogP contribution in [0.1, 0.15) is 45.2 Å². The average molecular weight is 265 g/mol. The van der Waals surface area contributed by atoms with Crippen molar-refractivity contribution in [3.05, 3.63) is 35.6 Å². The van der Waals surface area contributed by atoms with Crippen molar-refractivity contribution < 1.29 is 9.13 Å². The van der Waals surface area contributed by atoms with E-state index >= 15 is 0 Å². The topological polar surface area (TPSA) is 21.3 Å². The van der Waals surface area contributed by atoms with Gasteiger partial charge in [0, 0.05) is 18.7 Å². The zero-order valence-corrected chi connectivity index (χ0v) is 12.0. The molecular weight excluding hydrogens is 241 g/mol. The zero-order valence-electron chi connectivity index (χ0n) is 12.0. The SMILES string of the molecule is CC(NC1CCOC(C(C)C)C1)c1cccc(F)c1. The van der Waals surface area contributed by atoms with Crippen LogP contribution in [0.4, 0.5) is 4.39 Å². The van der Waals surface area contributed by atoms with Crippen LogP contribution in [0.2, 0.25) is 0 Å². The van der Waals surface area contributed by atoms with E-state index in [1.807, 2.05) is 6.07 Å². The molecule has 1 aliphatic rings. The Morgan fingerprint density at radius 2 is 2.11 bits per heavy atom. The minimum atomic E-state index is -0.168. The first-order valence-corrected chi connectivity index (χ1v) is 7.19. The van der Waals surface area contributed by atoms with Crippen molar-refractivity contribution >= 4 is 0 Å². The molecule has 3 atom stereocenters. The Labute approximate surface area is 115 Å². The Morgan fingerprint density at radius 1 is 1.32 bits per heavy atom. The average Bonchev–Trinajstić information content (AvgIpc) is 2.39. The van der Waals surface area contributed by atoms with Crippen molar-refractivity contribution in [2.24, 2.45) is 5.92 Å². The van der Waals surface area contributed by atoms with Gasteiger partial charge in [0.2, 0.25) is 0 Å². The lowest BCUT2D eigenvalue weighted by Gasteiger charge is -2.34. The summed E-state index contributed by atoms with van der Waals surface area (Å²) in [5, 5.41) is 3.60. The molecular formula is C16H24FNO. The van der Waals surface area contributed by atoms with E-state index in [1.165, 1.54) is 6.07 Å². The second-order valence-corrected chi connectivity index (χ2v) is 5.82. The normalized spacial score (nSPS) is 25.5. The van der Waals surface area contributed by atoms with Gasteiger partial charge in [-0.05, 0) is 43.4 Å². The summed E-state index contributed by atoms with van der Waals surface area (Å²) in [4.78, 5) is 0. The van der Waals surface area contributed by atoms with E-state index in [-0.39, 0.29) is 11.9 Å². The maximum absolute atomic E-state index is 13.2. The highest BCUT2D eigenvalue weighted by Gasteiger charge is 2.25. The van der Waals surface area contributed by atoms with E-state index in [2.05, 4.69) is 26.1 Å². The molecule has 1 N–H and O–H groups in total. The van der Waals surface area contributed by atoms with Crippen LogP contribution in [0.15, 0.2) is 24.3 Å². The molecule has 0 saturated carbocycles. The van der Waals surface area contributed by atoms with Crippen LogP contribution in [0.5, 0.6) is 0 Å². The van der Waals surface area contributed by atoms with Gasteiger partial charge in [0.05, 0.1) is 6.10 Å². The number of rotatable bonds is 4. The minimum Gasteiger partial charge on any atom is -0.378 e. The maximum atomic E-state index is 13.2. The summed E-state index contributed by atoms with van der Waals surface area (Å²) < 4.78 is 19.0. The third-order valence-electron chi connectivity index (χ3n) is 3.89. The van der Waals surface area contributed by atoms with Crippen molar-refractivity contribution in [1.82, 2.24) is 5.32 Å². The predicted molar refractivity (Wildman–Crippen MR) is 75.6 cm³/mol. The van der Waals surface area contributed by atoms with Gasteiger partial charge in [0.1, 0.15) is 5.82 Å². The van der Waals surface area contributed by atoms with Crippen molar-refractivity contribution in [3.8, 4) is 0 Å². The van der Waals surface area contributed by atoms with Gasteiger partial charge in [-0.3, -0.25) is 0 Å². The van der Waals surface area contributed by atoms with Crippen LogP contribution in [0.3, 0.4) is 0 Å². The van der Waals surface area contributed by atoms with Gasteiger partial charge in [0.15, 0.2) is 0 Å². The first-order valence-electron chi connectivity index (χ1n) is 7.19. The predicted octanol–water partition coefficient (Wildman–Crippen LogP) is 3.68. The van der Waals surface area contributed by atoms with Crippen molar-refractivity contribution in [1.29, 1.82) is 0 Å². The minimum absolute atomic E-state index is 0.168. The smallest absolute Gasteiger partial charge is 0.123 e. The van der Waals surface area contributed by atoms with Gasteiger partial charge in [0.25, 0.3) is 0 Å². The largest absolute Gasteiger partial charge is 0.378 e. The summed E-state index contributed by atoms with van der Waals surface area (Å²) in [6.45, 7) is 7.30. The van der Waals surface area contributed by atoms with Gasteiger partial charge < -0.3 is 10.1 Å². The number of nitrogens with one attached hydrogen (secondary N) is 1. The summed E-state index contributed by atoms with van der Waals surface area (Å²) >= 11 is 0. The Hall–Kier alpha value is -0.930. The summed E-state index contributed by atoms with van der Waals surface area (Å²) in [6, 6.07) is 7.46. The molecule has 0 amide bonds. The quantitative estimate of drug-likeness (QED) is 0.896. The van der Waals surface area contributed by atoms with Crippen LogP contribution in [0, 0.1) is 11.7 Å². The lowest BCUT2D eigenvalue weighted by molar-refractivity contribution is -0.0257. The highest BCUT2D eigenvalue weighted by molar-refractivity contribution is 5.19. The van der Waals surface area contributed by atoms with Crippen molar-refractivity contribution in [2.75, 3.05) is 6.61 Å². The van der Waals surface area contributed by atoms with Gasteiger partial charge in [-0.2, -0.15) is 0 Å². The van der Waals surface area contributed by atoms with Crippen molar-refractivity contribution in [3.63, 3.8) is 0 Å². The van der Waals surface area contributed by atoms with E-state index in [1.54, 1.807) is 12.1 Å². The van der Waals surface area contributed by atoms with E-state index in [9.17, 15) is 4.39 Å². The highest BCUT2D eigenvalue weighted by atomic mass is 19.1. The Kier molecular flexibility index (Phi) is 4.94. The lowest BCUT2D eigenvalue weighted by Crippen LogP contribution is -2.41. The van der Waals surface area contributed by atoms with Gasteiger partial charge in [-0.25, -0.2) is 4.39 Å². The summed E-state index contributed by atoms with van der Waals surface area (Å²) in [5.74, 6) is 0.382. The van der Waals surface area contributed by atoms with E-state index in [0.717, 1.165) is 25.0 Å². The third kappa shape index (κ3) is 4.02. The molecule has 0 aliphatic carbocycles. The zero-order chi connectivity index (χ0) is 13.8. The van der Waals surface area contributed by atoms with E-state index < -0.39 is 0 Å². The second kappa shape index (κ2) is 6.49. The van der Waals surface area contributed by atoms with E-state index in [0.29, 0.717) is 18.1 Å². The number of halogens is 1. The summed E-state index contributed by atoms with van der Waals surface area (Å²) in [7, 11) is 0. The number of ether oxygens (including phenoxy) is 1. The van der Waals surface area contributed by atoms with Crippen LogP contribution in [-0.2, 0) is 4.74 Å². The van der Waals surface area contributed by atoms with Crippen LogP contribution >= 0.6 is 0 Å². The third-order valence-corrected chi connectivity index (χ3v) is 3.89. The van der Waals surface area contributed by atoms with Gasteiger partial charge in [-0.15, -0.1) is 0 Å². The van der Waals surface area contributed by atoms with E-state index in [4.69, 9.17) is 4.74 Å². The fraction of sp³-hybridized carbons (Fsp3) is 0.625. The molecule has 3 heteroatoms. The molecule has 2 rings (SSSR count). The number of hydrogen-bond donors (Lipinski definition) is 1. The summed E-state index contributed by atoms with van der Waals surface area (Å²) in [6.07, 6.45) is 2.41. The molecule has 3 unspecified atom stereocenters. The molecule has 0 aromatic heterocycles. The molecule has 1 aliphatic heterocycles. The first kappa shape index (κ1) is 14.5. The van der Waals surface area contributed by atoms with Crippen LogP contribution < -0.4 is 5.32 Å². The standard InChI is InChI=1S/C16H24FNO/c1-11(2)16-10-15(7-8-19-16)18-12(3)13-5-4-6-14(17)9-13/h4-6,9,11-12,15-16,18H,7-8,10H2,1-3H3. The Balaban J connectivity index is 1.93. The molecule has 1 saturated heterocycles. The van der Waals surface area contributed by atoms with Gasteiger partial charge >= 0.3 is 0 Å². The monoisotopic (exact) mass is 265 g/mol. The Bertz CT molecular complexity index is 407. The maximum Gasteiger partial charge on any atom is 0.123 e. The number of benzene rings is 1. The second-order valence-electron chi connectivity index (χ2n) is 5.82. The molecule has 0 spiro atoms. The molecule has 0 radical (unpaired) electrons. The van der Waals surface area contributed by atoms with Crippen LogP contribution in [-0.4, -0.2) is 18.8 Å². The molecule has 0 bridgehead atoms. The molecule has 1 fully saturated rings. The fourth-order valence-electron chi connectivity index (χ4n) is 2.67. The fourth-order valence-corrected chi connectivity index (χ4v) is 2.67. The Morgan fingerprint density at radius 3 is 2.79 bits per heavy atom. The highest BCUT2D eigenvalue weighted by Crippen LogP contribution is 2.23. The molecule has 1 aromatic carbocycles. The lowest BCUT2D eigenvalue weighted by atomic mass is 9.94. The van der Waals surface area contributed by atoms with Crippen LogP contribution in [0.25, 0.3) is 0 Å². The number of hydrogen-bond acceptors (Lipinski definition) is 2. The molecule has 2 nitrogen and oxygen atoms in total. The molecule has 1 aromatic rings. The van der Waals surface area contributed by atoms with Gasteiger partial charge in [-0.1, -0.05) is 26.0 Å². The van der Waals surface area contributed by atoms with Crippen molar-refractivity contribution in [2.45, 2.75) is 51.8 Å². The summed E-state index contributed by atoms with van der Waals surface area (Å²) in [5.41, 5.74) is 1.01. The first-order chi connectivity index (χ1) is 9.06.